The quantitative estimate of drug-likeness (QED) is 0.264. The third-order valence-electron chi connectivity index (χ3n) is 8.85. The van der Waals surface area contributed by atoms with E-state index in [2.05, 4.69) is 90.5 Å². The van der Waals surface area contributed by atoms with E-state index >= 15 is 0 Å². The van der Waals surface area contributed by atoms with Gasteiger partial charge in [0, 0.05) is 11.4 Å². The fraction of sp³-hybridized carbons (Fsp3) is 0.433. The number of hydrogen-bond acceptors (Lipinski definition) is 1. The maximum absolute atomic E-state index is 5.05. The molecule has 192 valence electrons. The summed E-state index contributed by atoms with van der Waals surface area (Å²) in [7, 11) is 7.84. The molecule has 2 nitrogen and oxygen atoms in total. The van der Waals surface area contributed by atoms with Crippen molar-refractivity contribution in [1.29, 1.82) is 0 Å². The molecule has 1 aliphatic heterocycles. The number of anilines is 2. The zero-order valence-electron chi connectivity index (χ0n) is 21.7. The van der Waals surface area contributed by atoms with E-state index in [9.17, 15) is 0 Å². The summed E-state index contributed by atoms with van der Waals surface area (Å²) in [6.07, 6.45) is 18.3. The molecular weight excluding hydrogens is 535 g/mol. The van der Waals surface area contributed by atoms with Crippen LogP contribution in [-0.2, 0) is 17.0 Å². The Morgan fingerprint density at radius 3 is 2.03 bits per heavy atom. The molecule has 6 heteroatoms. The fourth-order valence-corrected chi connectivity index (χ4v) is 12.3. The average molecular weight is 574 g/mol. The van der Waals surface area contributed by atoms with Crippen molar-refractivity contribution in [3.8, 4) is 0 Å². The van der Waals surface area contributed by atoms with Gasteiger partial charge in [0.1, 0.15) is 0 Å². The van der Waals surface area contributed by atoms with Crippen molar-refractivity contribution in [2.45, 2.75) is 57.2 Å². The van der Waals surface area contributed by atoms with E-state index in [1.165, 1.54) is 49.9 Å². The van der Waals surface area contributed by atoms with Crippen LogP contribution in [0.4, 0.5) is 22.7 Å². The van der Waals surface area contributed by atoms with E-state index in [1.54, 1.807) is 0 Å². The van der Waals surface area contributed by atoms with Crippen LogP contribution in [0.5, 0.6) is 0 Å². The number of allylic oxidation sites excluding steroid dienone is 4. The minimum atomic E-state index is -1.94. The first kappa shape index (κ1) is 28.0. The summed E-state index contributed by atoms with van der Waals surface area (Å²) in [4.78, 5) is 0. The Morgan fingerprint density at radius 2 is 1.42 bits per heavy atom. The SMILES string of the molecule is C[Si](C)(C1[C@H](C2CCCCC2)C[C@@H]2C=CC=C[C@H]12)N1c2ccccc2[N-]c2ccccc21.[CH3-].[Cl][Ti][Cl]. The number of halogens is 2. The summed E-state index contributed by atoms with van der Waals surface area (Å²) in [5.41, 5.74) is 5.67. The Labute approximate surface area is 236 Å². The fourth-order valence-electron chi connectivity index (χ4n) is 7.61. The number of hydrogen-bond donors (Lipinski definition) is 0. The Hall–Kier alpha value is -0.969. The van der Waals surface area contributed by atoms with E-state index in [-0.39, 0.29) is 7.43 Å². The summed E-state index contributed by atoms with van der Waals surface area (Å²) >= 11 is -0.556. The van der Waals surface area contributed by atoms with Crippen LogP contribution in [0.1, 0.15) is 38.5 Å². The molecule has 0 aromatic heterocycles. The van der Waals surface area contributed by atoms with Gasteiger partial charge in [-0.1, -0.05) is 106 Å². The summed E-state index contributed by atoms with van der Waals surface area (Å²) in [6, 6.07) is 17.7. The molecule has 2 saturated carbocycles. The van der Waals surface area contributed by atoms with Gasteiger partial charge in [-0.05, 0) is 47.8 Å². The molecule has 4 aliphatic rings. The molecule has 2 fully saturated rings. The minimum absolute atomic E-state index is 0. The second kappa shape index (κ2) is 12.3. The molecule has 2 aromatic rings. The Balaban J connectivity index is 0.000000726. The molecule has 0 radical (unpaired) electrons. The van der Waals surface area contributed by atoms with Crippen molar-refractivity contribution in [2.75, 3.05) is 4.57 Å². The van der Waals surface area contributed by atoms with Crippen molar-refractivity contribution >= 4 is 49.6 Å². The topological polar surface area (TPSA) is 17.3 Å². The molecule has 0 amide bonds. The molecular formula is C30H38Cl2N2SiTi-2. The van der Waals surface area contributed by atoms with E-state index in [0.717, 1.165) is 34.7 Å². The number of fused-ring (bicyclic) bond motifs is 3. The Morgan fingerprint density at radius 1 is 0.861 bits per heavy atom. The van der Waals surface area contributed by atoms with Gasteiger partial charge in [-0.15, -0.1) is 11.4 Å². The molecule has 6 rings (SSSR count). The van der Waals surface area contributed by atoms with Crippen LogP contribution in [0.3, 0.4) is 0 Å². The van der Waals surface area contributed by atoms with Crippen molar-refractivity contribution in [3.05, 3.63) is 85.6 Å². The van der Waals surface area contributed by atoms with Crippen LogP contribution < -0.4 is 4.57 Å². The number of para-hydroxylation sites is 4. The van der Waals surface area contributed by atoms with Crippen LogP contribution in [0, 0.1) is 31.1 Å². The third-order valence-corrected chi connectivity index (χ3v) is 12.9. The van der Waals surface area contributed by atoms with Gasteiger partial charge in [0.25, 0.3) is 0 Å². The summed E-state index contributed by atoms with van der Waals surface area (Å²) < 4.78 is 2.79. The van der Waals surface area contributed by atoms with Gasteiger partial charge in [0.15, 0.2) is 8.24 Å². The predicted octanol–water partition coefficient (Wildman–Crippen LogP) is 10.8. The van der Waals surface area contributed by atoms with Gasteiger partial charge in [0.2, 0.25) is 0 Å². The Bertz CT molecular complexity index is 1040. The van der Waals surface area contributed by atoms with Crippen LogP contribution in [0.2, 0.25) is 18.6 Å². The van der Waals surface area contributed by atoms with Crippen LogP contribution in [0.25, 0.3) is 5.32 Å². The zero-order chi connectivity index (χ0) is 24.4. The second-order valence-electron chi connectivity index (χ2n) is 11.0. The van der Waals surface area contributed by atoms with Gasteiger partial charge < -0.3 is 17.3 Å². The summed E-state index contributed by atoms with van der Waals surface area (Å²) in [6.45, 7) is 5.31. The first-order valence-electron chi connectivity index (χ1n) is 13.1. The van der Waals surface area contributed by atoms with E-state index in [1.807, 2.05) is 0 Å². The summed E-state index contributed by atoms with van der Waals surface area (Å²) in [5.74, 6) is 3.17. The van der Waals surface area contributed by atoms with Gasteiger partial charge in [0.05, 0.1) is 0 Å². The monoisotopic (exact) mass is 572 g/mol. The number of nitrogens with zero attached hydrogens (tertiary/aromatic N) is 2. The van der Waals surface area contributed by atoms with Gasteiger partial charge in [-0.25, -0.2) is 0 Å². The molecule has 36 heavy (non-hydrogen) atoms. The van der Waals surface area contributed by atoms with Crippen LogP contribution in [0.15, 0.2) is 72.8 Å². The molecule has 3 aliphatic carbocycles. The standard InChI is InChI=1S/C29H35N2Si.CH3.2ClH.Ti/c1-32(2,31-27-18-10-8-16-25(27)30-26-17-9-11-19-28(26)31)29-23-15-7-6-14-22(23)20-24(29)21-12-4-3-5-13-21;;;;/h6-11,14-19,21-24,29H,3-5,12-13,20H2,1-2H3;1H3;2*1H;/q2*-1;;;+2/p-2/t22-,23-,24-,29?;;;;/m0..../s1. The van der Waals surface area contributed by atoms with Crippen LogP contribution >= 0.6 is 18.6 Å². The normalized spacial score (nSPS) is 26.4. The number of rotatable bonds is 3. The van der Waals surface area contributed by atoms with Crippen molar-refractivity contribution in [3.63, 3.8) is 0 Å². The molecule has 4 atom stereocenters. The van der Waals surface area contributed by atoms with Crippen LogP contribution in [-0.4, -0.2) is 8.24 Å². The van der Waals surface area contributed by atoms with E-state index in [4.69, 9.17) is 23.9 Å². The van der Waals surface area contributed by atoms with Crippen molar-refractivity contribution in [2.24, 2.45) is 23.7 Å². The maximum atomic E-state index is 5.05. The molecule has 0 bridgehead atoms. The third kappa shape index (κ3) is 5.29. The van der Waals surface area contributed by atoms with Gasteiger partial charge >= 0.3 is 35.6 Å². The van der Waals surface area contributed by atoms with E-state index < -0.39 is 25.3 Å². The average Bonchev–Trinajstić information content (AvgIpc) is 3.29. The Kier molecular flexibility index (Phi) is 9.55. The molecule has 1 unspecified atom stereocenters. The van der Waals surface area contributed by atoms with Gasteiger partial charge in [-0.2, -0.15) is 0 Å². The molecule has 1 heterocycles. The summed E-state index contributed by atoms with van der Waals surface area (Å²) in [5, 5.41) is 5.05. The second-order valence-corrected chi connectivity index (χ2v) is 18.0. The molecule has 0 N–H and O–H groups in total. The van der Waals surface area contributed by atoms with Crippen molar-refractivity contribution in [1.82, 2.24) is 0 Å². The molecule has 0 spiro atoms. The number of benzene rings is 2. The van der Waals surface area contributed by atoms with E-state index in [0.29, 0.717) is 5.92 Å². The first-order valence-corrected chi connectivity index (χ1v) is 20.4. The predicted molar refractivity (Wildman–Crippen MR) is 157 cm³/mol. The van der Waals surface area contributed by atoms with Gasteiger partial charge in [-0.3, -0.25) is 0 Å². The first-order chi connectivity index (χ1) is 17.1. The molecule has 2 aromatic carbocycles. The molecule has 0 saturated heterocycles. The zero-order valence-corrected chi connectivity index (χ0v) is 25.8. The van der Waals surface area contributed by atoms with Crippen molar-refractivity contribution < 1.29 is 17.0 Å².